The zero-order valence-corrected chi connectivity index (χ0v) is 25.0. The molecule has 0 aromatic heterocycles. The van der Waals surface area contributed by atoms with Gasteiger partial charge >= 0.3 is 11.9 Å². The maximum atomic E-state index is 12.8. The lowest BCUT2D eigenvalue weighted by molar-refractivity contribution is -0.316. The predicted octanol–water partition coefficient (Wildman–Crippen LogP) is 5.23. The molecule has 7 atom stereocenters. The highest BCUT2D eigenvalue weighted by molar-refractivity contribution is 5.92. The summed E-state index contributed by atoms with van der Waals surface area (Å²) in [4.78, 5) is 37.1. The first-order valence-electron chi connectivity index (χ1n) is 15.0. The Morgan fingerprint density at radius 1 is 1.12 bits per heavy atom. The molecule has 4 heterocycles. The maximum Gasteiger partial charge on any atom is 0.333 e. The van der Waals surface area contributed by atoms with Crippen molar-refractivity contribution in [3.05, 3.63) is 23.8 Å². The van der Waals surface area contributed by atoms with Crippen LogP contribution in [0.3, 0.4) is 0 Å². The van der Waals surface area contributed by atoms with Gasteiger partial charge < -0.3 is 23.7 Å². The van der Waals surface area contributed by atoms with Crippen molar-refractivity contribution in [3.63, 3.8) is 0 Å². The summed E-state index contributed by atoms with van der Waals surface area (Å²) in [5.74, 6) is -0.870. The molecule has 40 heavy (non-hydrogen) atoms. The Balaban J connectivity index is 1.24. The lowest BCUT2D eigenvalue weighted by atomic mass is 9.57. The highest BCUT2D eigenvalue weighted by atomic mass is 16.7. The molecule has 7 unspecified atom stereocenters. The number of carbonyl (C=O) groups excluding carboxylic acids is 3. The van der Waals surface area contributed by atoms with E-state index >= 15 is 0 Å². The van der Waals surface area contributed by atoms with Gasteiger partial charge in [0.1, 0.15) is 23.4 Å². The monoisotopic (exact) mass is 558 g/mol. The topological polar surface area (TPSA) is 97.4 Å². The van der Waals surface area contributed by atoms with Gasteiger partial charge in [0.15, 0.2) is 11.6 Å². The number of hydrogen-bond donors (Lipinski definition) is 0. The van der Waals surface area contributed by atoms with E-state index in [4.69, 9.17) is 23.7 Å². The molecule has 222 valence electrons. The minimum Gasteiger partial charge on any atom is -0.462 e. The van der Waals surface area contributed by atoms with Crippen molar-refractivity contribution in [2.45, 2.75) is 122 Å². The van der Waals surface area contributed by atoms with Gasteiger partial charge in [0.05, 0.1) is 13.2 Å². The third-order valence-corrected chi connectivity index (χ3v) is 10.4. The van der Waals surface area contributed by atoms with Crippen LogP contribution in [0.1, 0.15) is 92.9 Å². The number of ketones is 1. The fourth-order valence-electron chi connectivity index (χ4n) is 8.18. The smallest absolute Gasteiger partial charge is 0.333 e. The average Bonchev–Trinajstić information content (AvgIpc) is 3.36. The second kappa shape index (κ2) is 10.4. The molecule has 0 N–H and O–H groups in total. The number of esters is 2. The van der Waals surface area contributed by atoms with Crippen LogP contribution < -0.4 is 0 Å². The third kappa shape index (κ3) is 5.09. The van der Waals surface area contributed by atoms with E-state index in [9.17, 15) is 14.4 Å². The van der Waals surface area contributed by atoms with E-state index in [0.29, 0.717) is 49.9 Å². The van der Waals surface area contributed by atoms with Crippen molar-refractivity contribution in [1.29, 1.82) is 0 Å². The summed E-state index contributed by atoms with van der Waals surface area (Å²) >= 11 is 0. The molecule has 1 aliphatic carbocycles. The van der Waals surface area contributed by atoms with Gasteiger partial charge in [-0.1, -0.05) is 26.0 Å². The summed E-state index contributed by atoms with van der Waals surface area (Å²) < 4.78 is 30.0. The molecule has 5 fully saturated rings. The Morgan fingerprint density at radius 3 is 2.50 bits per heavy atom. The van der Waals surface area contributed by atoms with Crippen LogP contribution in [0.15, 0.2) is 23.8 Å². The molecular formula is C32H46O8. The van der Waals surface area contributed by atoms with E-state index in [1.165, 1.54) is 6.92 Å². The second-order valence-electron chi connectivity index (χ2n) is 13.9. The first-order valence-corrected chi connectivity index (χ1v) is 15.0. The Morgan fingerprint density at radius 2 is 1.88 bits per heavy atom. The van der Waals surface area contributed by atoms with Crippen LogP contribution >= 0.6 is 0 Å². The van der Waals surface area contributed by atoms with E-state index in [0.717, 1.165) is 37.7 Å². The van der Waals surface area contributed by atoms with Crippen molar-refractivity contribution in [3.8, 4) is 0 Å². The SMILES string of the molecule is C=C1CCC(CCC2CCC3(OC2)OC2CC3(C)OC(C)(C)C2=O)C(C)(C)C1C(C=C1CCOC1=O)OC(C)=O. The first kappa shape index (κ1) is 29.5. The highest BCUT2D eigenvalue weighted by Crippen LogP contribution is 2.55. The molecule has 5 aliphatic rings. The quantitative estimate of drug-likeness (QED) is 0.248. The van der Waals surface area contributed by atoms with Crippen LogP contribution in [0.25, 0.3) is 0 Å². The molecule has 1 saturated carbocycles. The summed E-state index contributed by atoms with van der Waals surface area (Å²) in [6.07, 6.45) is 7.44. The molecular weight excluding hydrogens is 512 g/mol. The van der Waals surface area contributed by atoms with Gasteiger partial charge in [-0.25, -0.2) is 4.79 Å². The molecule has 4 aliphatic heterocycles. The van der Waals surface area contributed by atoms with Crippen molar-refractivity contribution in [2.75, 3.05) is 13.2 Å². The van der Waals surface area contributed by atoms with Gasteiger partial charge in [0.2, 0.25) is 0 Å². The third-order valence-electron chi connectivity index (χ3n) is 10.4. The summed E-state index contributed by atoms with van der Waals surface area (Å²) in [5, 5.41) is 0. The highest BCUT2D eigenvalue weighted by Gasteiger charge is 2.68. The number of fused-ring (bicyclic) bond motifs is 3. The lowest BCUT2D eigenvalue weighted by Gasteiger charge is -2.49. The summed E-state index contributed by atoms with van der Waals surface area (Å²) in [5.41, 5.74) is -0.0530. The zero-order valence-electron chi connectivity index (χ0n) is 25.0. The largest absolute Gasteiger partial charge is 0.462 e. The molecule has 0 amide bonds. The molecule has 0 aromatic rings. The van der Waals surface area contributed by atoms with Crippen molar-refractivity contribution >= 4 is 17.7 Å². The standard InChI is InChI=1S/C32H46O8/c1-19-8-10-23(29(3,4)26(19)24(38-20(2)33)16-22-13-15-36-28(22)35)11-9-21-12-14-32(37-18-21)31(7)17-25(39-32)27(34)30(5,6)40-31/h16,21,23-26H,1,8-15,17-18H2,2-7H3. The Hall–Kier alpha value is -2.03. The number of carbonyl (C=O) groups is 3. The minimum absolute atomic E-state index is 0.00392. The molecule has 4 saturated heterocycles. The Bertz CT molecular complexity index is 1090. The van der Waals surface area contributed by atoms with Gasteiger partial charge in [0, 0.05) is 37.7 Å². The first-order chi connectivity index (χ1) is 18.7. The fourth-order valence-corrected chi connectivity index (χ4v) is 8.18. The summed E-state index contributed by atoms with van der Waals surface area (Å²) in [7, 11) is 0. The summed E-state index contributed by atoms with van der Waals surface area (Å²) in [6, 6.07) is 0. The normalized spacial score (nSPS) is 40.4. The zero-order chi connectivity index (χ0) is 29.1. The fraction of sp³-hybridized carbons (Fsp3) is 0.781. The number of ether oxygens (including phenoxy) is 5. The van der Waals surface area contributed by atoms with Gasteiger partial charge in [-0.05, 0) is 76.2 Å². The van der Waals surface area contributed by atoms with Crippen LogP contribution in [-0.2, 0) is 38.1 Å². The minimum atomic E-state index is -0.869. The molecule has 0 radical (unpaired) electrons. The molecule has 1 spiro atoms. The maximum absolute atomic E-state index is 12.8. The van der Waals surface area contributed by atoms with E-state index in [1.807, 2.05) is 20.8 Å². The molecule has 8 heteroatoms. The van der Waals surface area contributed by atoms with Crippen LogP contribution in [0.2, 0.25) is 0 Å². The van der Waals surface area contributed by atoms with Gasteiger partial charge in [0.25, 0.3) is 0 Å². The molecule has 0 aromatic carbocycles. The second-order valence-corrected chi connectivity index (χ2v) is 13.9. The van der Waals surface area contributed by atoms with Crippen LogP contribution in [0.4, 0.5) is 0 Å². The van der Waals surface area contributed by atoms with Crippen LogP contribution in [0, 0.1) is 23.2 Å². The van der Waals surface area contributed by atoms with Crippen LogP contribution in [0.5, 0.6) is 0 Å². The van der Waals surface area contributed by atoms with Crippen LogP contribution in [-0.4, -0.2) is 60.1 Å². The Kier molecular flexibility index (Phi) is 7.63. The lowest BCUT2D eigenvalue weighted by Crippen LogP contribution is -2.59. The predicted molar refractivity (Wildman–Crippen MR) is 147 cm³/mol. The molecule has 5 rings (SSSR count). The number of Topliss-reactive ketones (excluding diaryl/α,β-unsaturated/α-hetero) is 1. The van der Waals surface area contributed by atoms with Gasteiger partial charge in [-0.15, -0.1) is 0 Å². The van der Waals surface area contributed by atoms with E-state index in [2.05, 4.69) is 20.4 Å². The van der Waals surface area contributed by atoms with Crippen molar-refractivity contribution in [1.82, 2.24) is 0 Å². The summed E-state index contributed by atoms with van der Waals surface area (Å²) in [6.45, 7) is 16.9. The van der Waals surface area contributed by atoms with E-state index in [-0.39, 0.29) is 29.1 Å². The van der Waals surface area contributed by atoms with E-state index < -0.39 is 29.2 Å². The number of cyclic esters (lactones) is 1. The number of rotatable bonds is 6. The van der Waals surface area contributed by atoms with Crippen molar-refractivity contribution < 1.29 is 38.1 Å². The van der Waals surface area contributed by atoms with Gasteiger partial charge in [-0.2, -0.15) is 0 Å². The van der Waals surface area contributed by atoms with E-state index in [1.54, 1.807) is 6.08 Å². The van der Waals surface area contributed by atoms with Crippen molar-refractivity contribution in [2.24, 2.45) is 23.2 Å². The Labute approximate surface area is 238 Å². The number of hydrogen-bond acceptors (Lipinski definition) is 8. The average molecular weight is 559 g/mol. The molecule has 8 nitrogen and oxygen atoms in total. The molecule has 2 bridgehead atoms. The van der Waals surface area contributed by atoms with Gasteiger partial charge in [-0.3, -0.25) is 9.59 Å².